The van der Waals surface area contributed by atoms with E-state index in [1.54, 1.807) is 11.4 Å². The van der Waals surface area contributed by atoms with E-state index in [-0.39, 0.29) is 29.8 Å². The Morgan fingerprint density at radius 3 is 2.59 bits per heavy atom. The molecule has 0 unspecified atom stereocenters. The zero-order valence-electron chi connectivity index (χ0n) is 16.7. The fourth-order valence-electron chi connectivity index (χ4n) is 4.00. The van der Waals surface area contributed by atoms with E-state index in [4.69, 9.17) is 5.73 Å². The number of hydrogen-bond acceptors (Lipinski definition) is 5. The Morgan fingerprint density at radius 2 is 1.93 bits per heavy atom. The Morgan fingerprint density at radius 1 is 1.21 bits per heavy atom. The number of rotatable bonds is 8. The molecule has 9 heteroatoms. The molecule has 0 aliphatic heterocycles. The Kier molecular flexibility index (Phi) is 6.89. The summed E-state index contributed by atoms with van der Waals surface area (Å²) in [6.07, 6.45) is 5.12. The van der Waals surface area contributed by atoms with Crippen molar-refractivity contribution in [3.8, 4) is 0 Å². The minimum absolute atomic E-state index is 0.00567. The number of primary amides is 1. The normalized spacial score (nSPS) is 19.3. The number of nitrogens with one attached hydrogen (secondary N) is 1. The summed E-state index contributed by atoms with van der Waals surface area (Å²) >= 11 is 1.26. The minimum Gasteiger partial charge on any atom is -0.368 e. The highest BCUT2D eigenvalue weighted by Gasteiger charge is 2.27. The van der Waals surface area contributed by atoms with Crippen molar-refractivity contribution in [2.45, 2.75) is 58.5 Å². The fourth-order valence-corrected chi connectivity index (χ4v) is 4.84. The van der Waals surface area contributed by atoms with E-state index in [2.05, 4.69) is 12.2 Å². The number of thiophene rings is 1. The fraction of sp³-hybridized carbons (Fsp3) is 0.600. The number of nitrogens with zero attached hydrogens (tertiary/aromatic N) is 2. The van der Waals surface area contributed by atoms with Gasteiger partial charge in [0.1, 0.15) is 11.2 Å². The van der Waals surface area contributed by atoms with Crippen molar-refractivity contribution in [2.24, 2.45) is 17.6 Å². The quantitative estimate of drug-likeness (QED) is 0.629. The van der Waals surface area contributed by atoms with Crippen LogP contribution >= 0.6 is 11.3 Å². The van der Waals surface area contributed by atoms with Crippen molar-refractivity contribution >= 4 is 33.4 Å². The molecular formula is C20H28N4O4S. The van der Waals surface area contributed by atoms with Gasteiger partial charge in [-0.3, -0.25) is 23.5 Å². The van der Waals surface area contributed by atoms with Crippen molar-refractivity contribution in [1.82, 2.24) is 14.5 Å². The first kappa shape index (κ1) is 21.3. The molecule has 1 aliphatic carbocycles. The number of amides is 2. The summed E-state index contributed by atoms with van der Waals surface area (Å²) in [6, 6.07) is 1.67. The predicted molar refractivity (Wildman–Crippen MR) is 113 cm³/mol. The molecule has 2 aromatic rings. The van der Waals surface area contributed by atoms with E-state index in [0.717, 1.165) is 38.5 Å². The molecule has 3 N–H and O–H groups in total. The summed E-state index contributed by atoms with van der Waals surface area (Å²) in [4.78, 5) is 49.4. The highest BCUT2D eigenvalue weighted by Crippen LogP contribution is 2.29. The lowest BCUT2D eigenvalue weighted by atomic mass is 9.81. The number of nitrogens with two attached hydrogens (primary N) is 1. The van der Waals surface area contributed by atoms with Crippen LogP contribution in [0.2, 0.25) is 0 Å². The molecule has 0 aromatic carbocycles. The first-order valence-electron chi connectivity index (χ1n) is 10.2. The molecule has 2 aromatic heterocycles. The standard InChI is InChI=1S/C20H28N4O4S/c1-2-3-9-22-18(26)14-6-4-13(5-7-14)11-24-19(27)17-15(8-10-29-17)23(20(24)28)12-16(21)25/h8,10,13-14H,2-7,9,11-12H2,1H3,(H2,21,25)(H,22,26). The molecule has 1 saturated carbocycles. The average molecular weight is 421 g/mol. The van der Waals surface area contributed by atoms with E-state index < -0.39 is 11.6 Å². The van der Waals surface area contributed by atoms with Crippen molar-refractivity contribution in [1.29, 1.82) is 0 Å². The van der Waals surface area contributed by atoms with Crippen molar-refractivity contribution < 1.29 is 9.59 Å². The number of carbonyl (C=O) groups is 2. The maximum atomic E-state index is 12.9. The summed E-state index contributed by atoms with van der Waals surface area (Å²) in [6.45, 7) is 2.85. The van der Waals surface area contributed by atoms with Gasteiger partial charge in [-0.25, -0.2) is 4.79 Å². The van der Waals surface area contributed by atoms with Crippen molar-refractivity contribution in [2.75, 3.05) is 6.54 Å². The summed E-state index contributed by atoms with van der Waals surface area (Å²) in [5.41, 5.74) is 4.92. The highest BCUT2D eigenvalue weighted by molar-refractivity contribution is 7.17. The average Bonchev–Trinajstić information content (AvgIpc) is 3.19. The zero-order chi connectivity index (χ0) is 21.0. The zero-order valence-corrected chi connectivity index (χ0v) is 17.5. The van der Waals surface area contributed by atoms with Gasteiger partial charge in [0.2, 0.25) is 11.8 Å². The SMILES string of the molecule is CCCCNC(=O)C1CCC(Cn2c(=O)c3sccc3n(CC(N)=O)c2=O)CC1. The summed E-state index contributed by atoms with van der Waals surface area (Å²) in [7, 11) is 0. The largest absolute Gasteiger partial charge is 0.368 e. The molecule has 3 rings (SSSR count). The van der Waals surface area contributed by atoms with E-state index >= 15 is 0 Å². The van der Waals surface area contributed by atoms with Crippen LogP contribution in [0.1, 0.15) is 45.4 Å². The molecule has 2 heterocycles. The van der Waals surface area contributed by atoms with Gasteiger partial charge >= 0.3 is 5.69 Å². The van der Waals surface area contributed by atoms with Gasteiger partial charge in [-0.1, -0.05) is 13.3 Å². The topological polar surface area (TPSA) is 116 Å². The van der Waals surface area contributed by atoms with Crippen LogP contribution in [0.3, 0.4) is 0 Å². The number of carbonyl (C=O) groups excluding carboxylic acids is 2. The molecule has 0 spiro atoms. The van der Waals surface area contributed by atoms with Crippen LogP contribution in [0, 0.1) is 11.8 Å². The Balaban J connectivity index is 1.73. The lowest BCUT2D eigenvalue weighted by Gasteiger charge is -2.28. The number of fused-ring (bicyclic) bond motifs is 1. The predicted octanol–water partition coefficient (Wildman–Crippen LogP) is 1.43. The van der Waals surface area contributed by atoms with E-state index in [1.807, 2.05) is 0 Å². The lowest BCUT2D eigenvalue weighted by molar-refractivity contribution is -0.126. The van der Waals surface area contributed by atoms with Gasteiger partial charge in [-0.2, -0.15) is 0 Å². The third-order valence-corrected chi connectivity index (χ3v) is 6.53. The monoisotopic (exact) mass is 420 g/mol. The first-order valence-corrected chi connectivity index (χ1v) is 11.1. The van der Waals surface area contributed by atoms with Crippen LogP contribution < -0.4 is 22.3 Å². The number of aromatic nitrogens is 2. The van der Waals surface area contributed by atoms with Gasteiger partial charge in [-0.05, 0) is 49.5 Å². The third-order valence-electron chi connectivity index (χ3n) is 5.64. The maximum absolute atomic E-state index is 12.9. The van der Waals surface area contributed by atoms with Crippen LogP contribution in [0.5, 0.6) is 0 Å². The Bertz CT molecular complexity index is 998. The van der Waals surface area contributed by atoms with Crippen LogP contribution in [-0.4, -0.2) is 27.5 Å². The third kappa shape index (κ3) is 4.77. The summed E-state index contributed by atoms with van der Waals surface area (Å²) in [5.74, 6) is -0.358. The van der Waals surface area contributed by atoms with Gasteiger partial charge in [0.25, 0.3) is 5.56 Å². The molecular weight excluding hydrogens is 392 g/mol. The second-order valence-corrected chi connectivity index (χ2v) is 8.66. The second-order valence-electron chi connectivity index (χ2n) is 7.75. The molecule has 158 valence electrons. The van der Waals surface area contributed by atoms with Gasteiger partial charge in [-0.15, -0.1) is 11.3 Å². The number of hydrogen-bond donors (Lipinski definition) is 2. The van der Waals surface area contributed by atoms with E-state index in [1.165, 1.54) is 20.5 Å². The smallest absolute Gasteiger partial charge is 0.332 e. The number of unbranched alkanes of at least 4 members (excludes halogenated alkanes) is 1. The molecule has 2 amide bonds. The summed E-state index contributed by atoms with van der Waals surface area (Å²) in [5, 5.41) is 4.72. The summed E-state index contributed by atoms with van der Waals surface area (Å²) < 4.78 is 2.96. The van der Waals surface area contributed by atoms with Crippen molar-refractivity contribution in [3.05, 3.63) is 32.3 Å². The first-order chi connectivity index (χ1) is 13.9. The lowest BCUT2D eigenvalue weighted by Crippen LogP contribution is -2.43. The van der Waals surface area contributed by atoms with Gasteiger partial charge in [0.05, 0.1) is 5.52 Å². The molecule has 0 atom stereocenters. The highest BCUT2D eigenvalue weighted by atomic mass is 32.1. The van der Waals surface area contributed by atoms with E-state index in [0.29, 0.717) is 23.3 Å². The molecule has 1 aliphatic rings. The van der Waals surface area contributed by atoms with Crippen molar-refractivity contribution in [3.63, 3.8) is 0 Å². The minimum atomic E-state index is -0.626. The van der Waals surface area contributed by atoms with Gasteiger partial charge in [0.15, 0.2) is 0 Å². The molecule has 8 nitrogen and oxygen atoms in total. The van der Waals surface area contributed by atoms with Crippen LogP contribution in [-0.2, 0) is 22.7 Å². The second kappa shape index (κ2) is 9.39. The van der Waals surface area contributed by atoms with Gasteiger partial charge in [0, 0.05) is 19.0 Å². The Hall–Kier alpha value is -2.42. The molecule has 0 saturated heterocycles. The van der Waals surface area contributed by atoms with Crippen LogP contribution in [0.15, 0.2) is 21.0 Å². The molecule has 0 radical (unpaired) electrons. The van der Waals surface area contributed by atoms with Crippen LogP contribution in [0.4, 0.5) is 0 Å². The van der Waals surface area contributed by atoms with Gasteiger partial charge < -0.3 is 11.1 Å². The molecule has 1 fully saturated rings. The maximum Gasteiger partial charge on any atom is 0.332 e. The van der Waals surface area contributed by atoms with Crippen LogP contribution in [0.25, 0.3) is 10.2 Å². The van der Waals surface area contributed by atoms with E-state index in [9.17, 15) is 19.2 Å². The molecule has 0 bridgehead atoms. The molecule has 29 heavy (non-hydrogen) atoms. The Labute approximate surface area is 172 Å².